The summed E-state index contributed by atoms with van der Waals surface area (Å²) < 4.78 is 5.40. The Morgan fingerprint density at radius 2 is 0.915 bits per heavy atom. The van der Waals surface area contributed by atoms with E-state index in [4.69, 9.17) is 0 Å². The molecule has 0 spiro atoms. The fraction of sp³-hybridized carbons (Fsp3) is 0.200. The average Bonchev–Trinajstić information content (AvgIpc) is 1.51. The number of para-hydroxylation sites is 4. The standard InChI is InChI=1S/C90H80N4/c1-87(2,3)61-39-43-63(44-40-61)91(75-33-19-17-27-65(75)59-37-35-55-23-13-15-25-57(55)51-59)77-49-47-67-71-53-80-72(54-79(71)93-83-69(81(77)85(67)93)29-21-31-73(83)89(7,8)9)68-48-50-78(82-70-30-22-32-74(90(10,11)12)84(70)94(80)86(68)82)92(64-45-41-62(42-46-64)88(4,5)6)76-34-20-18-28-66(76)60-38-36-56-24-14-16-26-58(56)52-60/h13-54,77,81H,1-12H3. The van der Waals surface area contributed by atoms with Crippen LogP contribution in [0.4, 0.5) is 28.4 Å². The van der Waals surface area contributed by atoms with Crippen molar-refractivity contribution in [3.05, 3.63) is 288 Å². The number of rotatable bonds is 8. The van der Waals surface area contributed by atoms with Crippen LogP contribution in [0.25, 0.3) is 105 Å². The number of benzene rings is 12. The average molecular weight is 1220 g/mol. The van der Waals surface area contributed by atoms with Gasteiger partial charge in [-0.05, 0) is 149 Å². The van der Waals surface area contributed by atoms with Crippen molar-refractivity contribution in [2.45, 2.75) is 117 Å². The molecule has 2 atom stereocenters. The van der Waals surface area contributed by atoms with E-state index in [-0.39, 0.29) is 33.6 Å². The van der Waals surface area contributed by atoms with Gasteiger partial charge < -0.3 is 18.8 Å². The lowest BCUT2D eigenvalue weighted by atomic mass is 9.79. The molecule has 0 saturated heterocycles. The highest BCUT2D eigenvalue weighted by Crippen LogP contribution is 2.57. The molecule has 94 heavy (non-hydrogen) atoms. The Morgan fingerprint density at radius 1 is 0.372 bits per heavy atom. The molecule has 2 aliphatic rings. The molecule has 460 valence electrons. The maximum atomic E-state index is 2.72. The van der Waals surface area contributed by atoms with Crippen molar-refractivity contribution < 1.29 is 0 Å². The second-order valence-electron chi connectivity index (χ2n) is 30.9. The van der Waals surface area contributed by atoms with Gasteiger partial charge in [0.25, 0.3) is 0 Å². The fourth-order valence-electron chi connectivity index (χ4n) is 16.3. The Kier molecular flexibility index (Phi) is 12.7. The minimum absolute atomic E-state index is 0.00119. The van der Waals surface area contributed by atoms with Crippen LogP contribution in [0.5, 0.6) is 0 Å². The van der Waals surface area contributed by atoms with Gasteiger partial charge in [0.05, 0.1) is 51.1 Å². The van der Waals surface area contributed by atoms with Crippen LogP contribution in [0, 0.1) is 0 Å². The highest BCUT2D eigenvalue weighted by molar-refractivity contribution is 6.29. The number of nitrogens with zero attached hydrogens (tertiary/aromatic N) is 4. The van der Waals surface area contributed by atoms with Crippen LogP contribution in [0.2, 0.25) is 0 Å². The number of hydrogen-bond acceptors (Lipinski definition) is 2. The van der Waals surface area contributed by atoms with E-state index in [0.29, 0.717) is 0 Å². The van der Waals surface area contributed by atoms with Gasteiger partial charge in [-0.1, -0.05) is 271 Å². The van der Waals surface area contributed by atoms with Crippen LogP contribution in [0.15, 0.2) is 249 Å². The lowest BCUT2D eigenvalue weighted by molar-refractivity contribution is 0.587. The number of aromatic nitrogens is 2. The summed E-state index contributed by atoms with van der Waals surface area (Å²) in [4.78, 5) is 5.24. The summed E-state index contributed by atoms with van der Waals surface area (Å²) >= 11 is 0. The molecule has 3 aromatic heterocycles. The number of hydrogen-bond donors (Lipinski definition) is 0. The van der Waals surface area contributed by atoms with Gasteiger partial charge in [0, 0.05) is 66.4 Å². The smallest absolute Gasteiger partial charge is 0.0650 e. The van der Waals surface area contributed by atoms with E-state index in [1.54, 1.807) is 0 Å². The van der Waals surface area contributed by atoms with E-state index in [2.05, 4.69) is 357 Å². The molecule has 15 aromatic rings. The predicted octanol–water partition coefficient (Wildman–Crippen LogP) is 24.8. The lowest BCUT2D eigenvalue weighted by Crippen LogP contribution is -2.36. The van der Waals surface area contributed by atoms with E-state index in [0.717, 1.165) is 17.1 Å². The molecule has 0 radical (unpaired) electrons. The van der Waals surface area contributed by atoms with Crippen LogP contribution in [0.3, 0.4) is 0 Å². The van der Waals surface area contributed by atoms with Gasteiger partial charge in [0.1, 0.15) is 0 Å². The van der Waals surface area contributed by atoms with Gasteiger partial charge in [-0.15, -0.1) is 0 Å². The summed E-state index contributed by atoms with van der Waals surface area (Å²) in [5.41, 5.74) is 25.9. The molecule has 0 fully saturated rings. The van der Waals surface area contributed by atoms with Crippen molar-refractivity contribution in [1.29, 1.82) is 0 Å². The first-order valence-electron chi connectivity index (χ1n) is 33.8. The van der Waals surface area contributed by atoms with Gasteiger partial charge in [0.2, 0.25) is 0 Å². The van der Waals surface area contributed by atoms with Gasteiger partial charge in [-0.25, -0.2) is 0 Å². The van der Waals surface area contributed by atoms with Crippen LogP contribution >= 0.6 is 0 Å². The molecule has 2 unspecified atom stereocenters. The first-order valence-corrected chi connectivity index (χ1v) is 33.8. The molecule has 4 heteroatoms. The molecule has 1 aliphatic carbocycles. The van der Waals surface area contributed by atoms with Crippen molar-refractivity contribution in [2.24, 2.45) is 0 Å². The van der Waals surface area contributed by atoms with Crippen molar-refractivity contribution in [2.75, 3.05) is 9.80 Å². The lowest BCUT2D eigenvalue weighted by Gasteiger charge is -2.39. The Morgan fingerprint density at radius 3 is 1.53 bits per heavy atom. The first kappa shape index (κ1) is 57.7. The Hall–Kier alpha value is -10.2. The number of fused-ring (bicyclic) bond motifs is 14. The highest BCUT2D eigenvalue weighted by atomic mass is 15.2. The second-order valence-corrected chi connectivity index (χ2v) is 30.9. The third-order valence-corrected chi connectivity index (χ3v) is 20.9. The first-order chi connectivity index (χ1) is 45.2. The van der Waals surface area contributed by atoms with Crippen LogP contribution in [-0.4, -0.2) is 15.0 Å². The molecule has 17 rings (SSSR count). The van der Waals surface area contributed by atoms with Crippen LogP contribution in [-0.2, 0) is 21.7 Å². The Labute approximate surface area is 553 Å². The molecule has 0 N–H and O–H groups in total. The van der Waals surface area contributed by atoms with E-state index >= 15 is 0 Å². The molecule has 0 bridgehead atoms. The Bertz CT molecular complexity index is 5600. The zero-order chi connectivity index (χ0) is 64.5. The zero-order valence-corrected chi connectivity index (χ0v) is 56.2. The highest BCUT2D eigenvalue weighted by Gasteiger charge is 2.45. The minimum atomic E-state index is -0.168. The summed E-state index contributed by atoms with van der Waals surface area (Å²) in [7, 11) is 0. The molecule has 0 saturated carbocycles. The van der Waals surface area contributed by atoms with Gasteiger partial charge in [0.15, 0.2) is 0 Å². The SMILES string of the molecule is CC(C)(C)c1ccc(N(c2ccccc2-c2ccc3ccccc3c2)c2ccc3c4cc5c(cc4n4c6c(C(C)(C)C)cccc6c2c34)c2c3n5-c4c(cccc4C(C)(C)C)C3C(N(c3ccc(C(C)(C)C)cc3)c3ccccc3-c3ccc4ccccc4c3)C=C2)cc1. The Balaban J connectivity index is 0.931. The largest absolute Gasteiger partial charge is 0.333 e. The minimum Gasteiger partial charge on any atom is -0.333 e. The summed E-state index contributed by atoms with van der Waals surface area (Å²) in [5, 5.41) is 11.3. The monoisotopic (exact) mass is 1220 g/mol. The second kappa shape index (κ2) is 20.7. The van der Waals surface area contributed by atoms with Crippen LogP contribution in [0.1, 0.15) is 128 Å². The third-order valence-electron chi connectivity index (χ3n) is 20.9. The number of anilines is 5. The molecule has 0 amide bonds. The summed E-state index contributed by atoms with van der Waals surface area (Å²) in [5.74, 6) is -0.00567. The van der Waals surface area contributed by atoms with E-state index in [1.165, 1.54) is 149 Å². The van der Waals surface area contributed by atoms with Gasteiger partial charge in [-0.2, -0.15) is 0 Å². The molecule has 4 heterocycles. The molecular weight excluding hydrogens is 1140 g/mol. The predicted molar refractivity (Wildman–Crippen MR) is 403 cm³/mol. The van der Waals surface area contributed by atoms with Gasteiger partial charge >= 0.3 is 0 Å². The molecular formula is C90H80N4. The molecule has 1 aliphatic heterocycles. The zero-order valence-electron chi connectivity index (χ0n) is 56.2. The normalized spacial score (nSPS) is 15.0. The summed E-state index contributed by atoms with van der Waals surface area (Å²) in [6, 6.07) is 92.6. The van der Waals surface area contributed by atoms with E-state index in [9.17, 15) is 0 Å². The van der Waals surface area contributed by atoms with Crippen molar-refractivity contribution in [3.8, 4) is 27.9 Å². The quantitative estimate of drug-likeness (QED) is 0.151. The third kappa shape index (κ3) is 8.85. The van der Waals surface area contributed by atoms with Crippen LogP contribution < -0.4 is 9.80 Å². The van der Waals surface area contributed by atoms with Crippen molar-refractivity contribution in [3.63, 3.8) is 0 Å². The topological polar surface area (TPSA) is 15.8 Å². The molecule has 12 aromatic carbocycles. The van der Waals surface area contributed by atoms with Crippen molar-refractivity contribution >= 4 is 105 Å². The maximum Gasteiger partial charge on any atom is 0.0650 e. The van der Waals surface area contributed by atoms with E-state index in [1.807, 2.05) is 0 Å². The summed E-state index contributed by atoms with van der Waals surface area (Å²) in [6.07, 6.45) is 5.05. The summed E-state index contributed by atoms with van der Waals surface area (Å²) in [6.45, 7) is 28.2. The molecule has 4 nitrogen and oxygen atoms in total. The fourth-order valence-corrected chi connectivity index (χ4v) is 16.3. The van der Waals surface area contributed by atoms with Gasteiger partial charge in [-0.3, -0.25) is 0 Å². The van der Waals surface area contributed by atoms with Crippen molar-refractivity contribution in [1.82, 2.24) is 8.97 Å². The van der Waals surface area contributed by atoms with E-state index < -0.39 is 0 Å². The maximum absolute atomic E-state index is 2.72.